The second-order valence-corrected chi connectivity index (χ2v) is 5.16. The predicted molar refractivity (Wildman–Crippen MR) is 70.6 cm³/mol. The Morgan fingerprint density at radius 2 is 2.00 bits per heavy atom. The average Bonchev–Trinajstić information content (AvgIpc) is 3.23. The summed E-state index contributed by atoms with van der Waals surface area (Å²) in [5.41, 5.74) is 2.42. The first-order valence-corrected chi connectivity index (χ1v) is 6.90. The predicted octanol–water partition coefficient (Wildman–Crippen LogP) is 2.10. The quantitative estimate of drug-likeness (QED) is 0.767. The van der Waals surface area contributed by atoms with Crippen molar-refractivity contribution in [1.29, 1.82) is 0 Å². The number of aromatic nitrogens is 1. The number of alkyl halides is 1. The summed E-state index contributed by atoms with van der Waals surface area (Å²) < 4.78 is 0. The number of anilines is 1. The number of piperazine rings is 1. The molecule has 1 aliphatic carbocycles. The molecule has 2 fully saturated rings. The number of nitrogens with zero attached hydrogens (tertiary/aromatic N) is 3. The highest BCUT2D eigenvalue weighted by Crippen LogP contribution is 2.29. The van der Waals surface area contributed by atoms with Gasteiger partial charge in [-0.05, 0) is 24.5 Å². The molecule has 0 bridgehead atoms. The average molecular weight is 252 g/mol. The molecule has 0 spiro atoms. The van der Waals surface area contributed by atoms with E-state index in [1.54, 1.807) is 0 Å². The Labute approximate surface area is 107 Å². The van der Waals surface area contributed by atoms with E-state index in [4.69, 9.17) is 11.6 Å². The summed E-state index contributed by atoms with van der Waals surface area (Å²) in [5.74, 6) is 0.570. The van der Waals surface area contributed by atoms with Crippen LogP contribution in [0, 0.1) is 0 Å². The van der Waals surface area contributed by atoms with Gasteiger partial charge in [0.25, 0.3) is 0 Å². The summed E-state index contributed by atoms with van der Waals surface area (Å²) in [4.78, 5) is 9.26. The molecule has 3 nitrogen and oxygen atoms in total. The lowest BCUT2D eigenvalue weighted by atomic mass is 10.2. The first kappa shape index (κ1) is 11.3. The highest BCUT2D eigenvalue weighted by Gasteiger charge is 2.31. The van der Waals surface area contributed by atoms with Crippen LogP contribution < -0.4 is 4.90 Å². The van der Waals surface area contributed by atoms with Crippen LogP contribution in [-0.4, -0.2) is 42.1 Å². The molecular formula is C13H18ClN3. The van der Waals surface area contributed by atoms with E-state index >= 15 is 0 Å². The minimum absolute atomic E-state index is 0.570. The largest absolute Gasteiger partial charge is 0.367 e. The summed E-state index contributed by atoms with van der Waals surface area (Å²) in [7, 11) is 0. The molecule has 4 heteroatoms. The normalized spacial score (nSPS) is 21.8. The van der Waals surface area contributed by atoms with Crippen LogP contribution in [0.4, 0.5) is 5.69 Å². The van der Waals surface area contributed by atoms with Gasteiger partial charge in [0, 0.05) is 44.3 Å². The van der Waals surface area contributed by atoms with Crippen molar-refractivity contribution in [2.45, 2.75) is 24.8 Å². The van der Waals surface area contributed by atoms with Gasteiger partial charge >= 0.3 is 0 Å². The highest BCUT2D eigenvalue weighted by molar-refractivity contribution is 6.17. The Kier molecular flexibility index (Phi) is 3.21. The van der Waals surface area contributed by atoms with E-state index in [0.717, 1.165) is 19.1 Å². The van der Waals surface area contributed by atoms with Crippen LogP contribution >= 0.6 is 11.6 Å². The first-order chi connectivity index (χ1) is 8.38. The molecule has 1 saturated carbocycles. The zero-order valence-electron chi connectivity index (χ0n) is 9.98. The van der Waals surface area contributed by atoms with E-state index < -0.39 is 0 Å². The van der Waals surface area contributed by atoms with Crippen LogP contribution in [0.2, 0.25) is 0 Å². The summed E-state index contributed by atoms with van der Waals surface area (Å²) >= 11 is 5.98. The van der Waals surface area contributed by atoms with Gasteiger partial charge in [0.1, 0.15) is 0 Å². The topological polar surface area (TPSA) is 19.4 Å². The van der Waals surface area contributed by atoms with Crippen LogP contribution in [0.25, 0.3) is 0 Å². The standard InChI is InChI=1S/C13H18ClN3/c14-9-11-3-4-15-10-13(11)17-7-5-16(6-8-17)12-1-2-12/h3-4,10,12H,1-2,5-9H2. The minimum atomic E-state index is 0.570. The molecule has 0 radical (unpaired) electrons. The summed E-state index contributed by atoms with van der Waals surface area (Å²) in [6, 6.07) is 2.91. The Hall–Kier alpha value is -0.800. The maximum absolute atomic E-state index is 5.98. The highest BCUT2D eigenvalue weighted by atomic mass is 35.5. The maximum Gasteiger partial charge on any atom is 0.0598 e. The van der Waals surface area contributed by atoms with Crippen molar-refractivity contribution in [3.63, 3.8) is 0 Å². The lowest BCUT2D eigenvalue weighted by molar-refractivity contribution is 0.248. The second-order valence-electron chi connectivity index (χ2n) is 4.89. The first-order valence-electron chi connectivity index (χ1n) is 6.36. The molecule has 0 unspecified atom stereocenters. The fourth-order valence-electron chi connectivity index (χ4n) is 2.58. The zero-order valence-corrected chi connectivity index (χ0v) is 10.7. The molecule has 1 aliphatic heterocycles. The van der Waals surface area contributed by atoms with Crippen molar-refractivity contribution in [3.8, 4) is 0 Å². The van der Waals surface area contributed by atoms with E-state index in [1.165, 1.54) is 37.2 Å². The zero-order chi connectivity index (χ0) is 11.7. The fraction of sp³-hybridized carbons (Fsp3) is 0.615. The smallest absolute Gasteiger partial charge is 0.0598 e. The van der Waals surface area contributed by atoms with Gasteiger partial charge in [-0.3, -0.25) is 9.88 Å². The summed E-state index contributed by atoms with van der Waals surface area (Å²) in [6.07, 6.45) is 6.58. The van der Waals surface area contributed by atoms with E-state index in [9.17, 15) is 0 Å². The molecule has 2 heterocycles. The molecule has 1 aromatic heterocycles. The molecule has 1 aromatic rings. The molecule has 92 valence electrons. The van der Waals surface area contributed by atoms with E-state index in [-0.39, 0.29) is 0 Å². The van der Waals surface area contributed by atoms with Crippen LogP contribution in [0.1, 0.15) is 18.4 Å². The summed E-state index contributed by atoms with van der Waals surface area (Å²) in [5, 5.41) is 0. The van der Waals surface area contributed by atoms with Gasteiger partial charge in [-0.1, -0.05) is 0 Å². The molecule has 1 saturated heterocycles. The van der Waals surface area contributed by atoms with Crippen LogP contribution in [0.3, 0.4) is 0 Å². The second kappa shape index (κ2) is 4.83. The third-order valence-corrected chi connectivity index (χ3v) is 4.04. The number of pyridine rings is 1. The van der Waals surface area contributed by atoms with E-state index in [0.29, 0.717) is 5.88 Å². The number of halogens is 1. The van der Waals surface area contributed by atoms with Crippen molar-refractivity contribution in [1.82, 2.24) is 9.88 Å². The van der Waals surface area contributed by atoms with Gasteiger partial charge in [0.15, 0.2) is 0 Å². The monoisotopic (exact) mass is 251 g/mol. The van der Waals surface area contributed by atoms with Crippen LogP contribution in [-0.2, 0) is 5.88 Å². The molecular weight excluding hydrogens is 234 g/mol. The van der Waals surface area contributed by atoms with Crippen molar-refractivity contribution in [2.75, 3.05) is 31.1 Å². The van der Waals surface area contributed by atoms with Gasteiger partial charge in [0.2, 0.25) is 0 Å². The van der Waals surface area contributed by atoms with Crippen molar-refractivity contribution >= 4 is 17.3 Å². The van der Waals surface area contributed by atoms with Gasteiger partial charge in [-0.2, -0.15) is 0 Å². The van der Waals surface area contributed by atoms with Gasteiger partial charge < -0.3 is 4.90 Å². The Morgan fingerprint density at radius 1 is 1.24 bits per heavy atom. The fourth-order valence-corrected chi connectivity index (χ4v) is 2.81. The van der Waals surface area contributed by atoms with Crippen molar-refractivity contribution < 1.29 is 0 Å². The van der Waals surface area contributed by atoms with Crippen LogP contribution in [0.15, 0.2) is 18.5 Å². The van der Waals surface area contributed by atoms with E-state index in [2.05, 4.69) is 14.8 Å². The number of hydrogen-bond acceptors (Lipinski definition) is 3. The van der Waals surface area contributed by atoms with E-state index in [1.807, 2.05) is 18.5 Å². The number of hydrogen-bond donors (Lipinski definition) is 0. The molecule has 0 aromatic carbocycles. The van der Waals surface area contributed by atoms with Gasteiger partial charge in [-0.25, -0.2) is 0 Å². The minimum Gasteiger partial charge on any atom is -0.367 e. The number of rotatable bonds is 3. The molecule has 2 aliphatic rings. The Morgan fingerprint density at radius 3 is 2.65 bits per heavy atom. The lowest BCUT2D eigenvalue weighted by Gasteiger charge is -2.36. The lowest BCUT2D eigenvalue weighted by Crippen LogP contribution is -2.47. The third-order valence-electron chi connectivity index (χ3n) is 3.75. The third kappa shape index (κ3) is 2.40. The Balaban J connectivity index is 1.68. The molecule has 17 heavy (non-hydrogen) atoms. The van der Waals surface area contributed by atoms with Gasteiger partial charge in [0.05, 0.1) is 11.9 Å². The maximum atomic E-state index is 5.98. The SMILES string of the molecule is ClCc1ccncc1N1CCN(C2CC2)CC1. The molecule has 0 amide bonds. The Bertz CT molecular complexity index is 384. The molecule has 0 atom stereocenters. The summed E-state index contributed by atoms with van der Waals surface area (Å²) in [6.45, 7) is 4.57. The molecule has 3 rings (SSSR count). The molecule has 0 N–H and O–H groups in total. The van der Waals surface area contributed by atoms with Crippen LogP contribution in [0.5, 0.6) is 0 Å². The van der Waals surface area contributed by atoms with Crippen molar-refractivity contribution in [3.05, 3.63) is 24.0 Å². The van der Waals surface area contributed by atoms with Crippen molar-refractivity contribution in [2.24, 2.45) is 0 Å². The van der Waals surface area contributed by atoms with Gasteiger partial charge in [-0.15, -0.1) is 11.6 Å².